The molecule has 0 rings (SSSR count). The summed E-state index contributed by atoms with van der Waals surface area (Å²) in [6, 6.07) is 0. The summed E-state index contributed by atoms with van der Waals surface area (Å²) in [4.78, 5) is 0. The molecular formula is C12H24F3NO3S. The lowest BCUT2D eigenvalue weighted by atomic mass is 9.98. The average Bonchev–Trinajstić information content (AvgIpc) is 2.25. The molecule has 0 saturated heterocycles. The zero-order chi connectivity index (χ0) is 15.8. The lowest BCUT2D eigenvalue weighted by molar-refractivity contribution is -0.121. The van der Waals surface area contributed by atoms with Crippen LogP contribution in [0, 0.1) is 11.8 Å². The molecule has 4 nitrogen and oxygen atoms in total. The Labute approximate surface area is 119 Å². The molecule has 0 aromatic rings. The van der Waals surface area contributed by atoms with Gasteiger partial charge in [0.15, 0.2) is 0 Å². The minimum Gasteiger partial charge on any atom is -0.258 e. The summed E-state index contributed by atoms with van der Waals surface area (Å²) in [5.41, 5.74) is 0. The summed E-state index contributed by atoms with van der Waals surface area (Å²) >= 11 is 0. The summed E-state index contributed by atoms with van der Waals surface area (Å²) in [5.74, 6) is 0.914. The van der Waals surface area contributed by atoms with Crippen LogP contribution in [0.5, 0.6) is 0 Å². The highest BCUT2D eigenvalue weighted by molar-refractivity contribution is 7.84. The second-order valence-electron chi connectivity index (χ2n) is 5.43. The van der Waals surface area contributed by atoms with Crippen LogP contribution in [0.25, 0.3) is 0 Å². The first-order valence-corrected chi connectivity index (χ1v) is 8.13. The van der Waals surface area contributed by atoms with Crippen LogP contribution in [0.1, 0.15) is 46.5 Å². The van der Waals surface area contributed by atoms with E-state index in [1.807, 2.05) is 6.92 Å². The van der Waals surface area contributed by atoms with Crippen molar-refractivity contribution in [3.63, 3.8) is 0 Å². The molecule has 8 heteroatoms. The van der Waals surface area contributed by atoms with Gasteiger partial charge in [-0.2, -0.15) is 26.3 Å². The molecule has 0 spiro atoms. The maximum atomic E-state index is 11.9. The summed E-state index contributed by atoms with van der Waals surface area (Å²) in [5, 5.41) is 0. The van der Waals surface area contributed by atoms with Gasteiger partial charge in [0.25, 0.3) is 0 Å². The summed E-state index contributed by atoms with van der Waals surface area (Å²) in [6.45, 7) is 4.52. The second-order valence-corrected chi connectivity index (χ2v) is 6.86. The lowest BCUT2D eigenvalue weighted by Crippen LogP contribution is -2.35. The Morgan fingerprint density at radius 2 is 1.70 bits per heavy atom. The van der Waals surface area contributed by atoms with Gasteiger partial charge >= 0.3 is 16.5 Å². The first-order chi connectivity index (χ1) is 9.02. The molecule has 1 N–H and O–H groups in total. The molecule has 0 aromatic heterocycles. The van der Waals surface area contributed by atoms with Crippen molar-refractivity contribution in [2.75, 3.05) is 13.2 Å². The average molecular weight is 319 g/mol. The Hall–Kier alpha value is -0.340. The van der Waals surface area contributed by atoms with Gasteiger partial charge in [0.05, 0.1) is 6.61 Å². The zero-order valence-corrected chi connectivity index (χ0v) is 13.0. The van der Waals surface area contributed by atoms with E-state index >= 15 is 0 Å². The fraction of sp³-hybridized carbons (Fsp3) is 1.00. The molecule has 0 aliphatic heterocycles. The van der Waals surface area contributed by atoms with Gasteiger partial charge in [-0.1, -0.05) is 40.0 Å². The van der Waals surface area contributed by atoms with Crippen molar-refractivity contribution < 1.29 is 25.8 Å². The molecule has 122 valence electrons. The smallest absolute Gasteiger partial charge is 0.258 e. The maximum absolute atomic E-state index is 11.9. The van der Waals surface area contributed by atoms with E-state index < -0.39 is 23.0 Å². The molecule has 0 bridgehead atoms. The zero-order valence-electron chi connectivity index (χ0n) is 12.2. The van der Waals surface area contributed by atoms with Crippen molar-refractivity contribution in [2.45, 2.75) is 52.6 Å². The number of halogens is 3. The maximum Gasteiger partial charge on any atom is 0.402 e. The number of rotatable bonds is 10. The van der Waals surface area contributed by atoms with Crippen LogP contribution in [0.3, 0.4) is 0 Å². The molecule has 0 aromatic carbocycles. The molecule has 0 fully saturated rings. The highest BCUT2D eigenvalue weighted by Gasteiger charge is 2.29. The van der Waals surface area contributed by atoms with E-state index in [1.54, 1.807) is 0 Å². The lowest BCUT2D eigenvalue weighted by Gasteiger charge is -2.13. The van der Waals surface area contributed by atoms with Gasteiger partial charge in [0, 0.05) is 0 Å². The highest BCUT2D eigenvalue weighted by atomic mass is 32.2. The van der Waals surface area contributed by atoms with E-state index in [9.17, 15) is 21.6 Å². The van der Waals surface area contributed by atoms with Gasteiger partial charge in [-0.25, -0.2) is 0 Å². The van der Waals surface area contributed by atoms with Crippen LogP contribution in [-0.2, 0) is 14.5 Å². The Bertz CT molecular complexity index is 355. The first kappa shape index (κ1) is 19.7. The fourth-order valence-corrected chi connectivity index (χ4v) is 2.33. The Morgan fingerprint density at radius 1 is 1.10 bits per heavy atom. The van der Waals surface area contributed by atoms with Crippen LogP contribution in [0.4, 0.5) is 13.2 Å². The van der Waals surface area contributed by atoms with Crippen LogP contribution in [0.15, 0.2) is 0 Å². The van der Waals surface area contributed by atoms with Gasteiger partial charge in [-0.15, -0.1) is 0 Å². The third-order valence-electron chi connectivity index (χ3n) is 2.78. The van der Waals surface area contributed by atoms with Crippen molar-refractivity contribution in [3.8, 4) is 0 Å². The molecule has 20 heavy (non-hydrogen) atoms. The Kier molecular flexibility index (Phi) is 8.69. The molecular weight excluding hydrogens is 295 g/mol. The minimum atomic E-state index is -4.58. The predicted octanol–water partition coefficient (Wildman–Crippen LogP) is 3.25. The van der Waals surface area contributed by atoms with Gasteiger partial charge < -0.3 is 0 Å². The fourth-order valence-electron chi connectivity index (χ4n) is 1.59. The quantitative estimate of drug-likeness (QED) is 0.672. The van der Waals surface area contributed by atoms with Crippen LogP contribution in [0.2, 0.25) is 0 Å². The summed E-state index contributed by atoms with van der Waals surface area (Å²) < 4.78 is 63.7. The molecule has 1 unspecified atom stereocenters. The third kappa shape index (κ3) is 12.7. The van der Waals surface area contributed by atoms with E-state index in [2.05, 4.69) is 18.0 Å². The topological polar surface area (TPSA) is 55.4 Å². The van der Waals surface area contributed by atoms with E-state index in [-0.39, 0.29) is 12.5 Å². The Morgan fingerprint density at radius 3 is 2.20 bits per heavy atom. The number of hydrogen-bond acceptors (Lipinski definition) is 3. The largest absolute Gasteiger partial charge is 0.402 e. The highest BCUT2D eigenvalue weighted by Crippen LogP contribution is 2.16. The number of nitrogens with one attached hydrogen (secondary N) is 1. The third-order valence-corrected chi connectivity index (χ3v) is 3.75. The number of alkyl halides is 3. The summed E-state index contributed by atoms with van der Waals surface area (Å²) in [6.07, 6.45) is -0.961. The van der Waals surface area contributed by atoms with E-state index in [0.29, 0.717) is 12.3 Å². The molecule has 0 radical (unpaired) electrons. The molecule has 0 heterocycles. The van der Waals surface area contributed by atoms with Crippen molar-refractivity contribution in [1.29, 1.82) is 0 Å². The number of hydrogen-bond donors (Lipinski definition) is 1. The van der Waals surface area contributed by atoms with E-state index in [0.717, 1.165) is 19.3 Å². The first-order valence-electron chi connectivity index (χ1n) is 6.72. The molecule has 0 aliphatic rings. The van der Waals surface area contributed by atoms with Crippen molar-refractivity contribution in [1.82, 2.24) is 4.72 Å². The van der Waals surface area contributed by atoms with Crippen molar-refractivity contribution in [3.05, 3.63) is 0 Å². The molecule has 1 atom stereocenters. The standard InChI is InChI=1S/C12H24F3NO3S/c1-10(2)5-4-6-11(3)7-8-19-20(17,18)16-9-12(13,14)15/h10-11,16H,4-9H2,1-3H3. The molecule has 0 saturated carbocycles. The van der Waals surface area contributed by atoms with Gasteiger partial charge in [0.2, 0.25) is 0 Å². The predicted molar refractivity (Wildman–Crippen MR) is 71.4 cm³/mol. The Balaban J connectivity index is 3.81. The van der Waals surface area contributed by atoms with Crippen LogP contribution in [-0.4, -0.2) is 27.7 Å². The second kappa shape index (κ2) is 8.84. The monoisotopic (exact) mass is 319 g/mol. The van der Waals surface area contributed by atoms with Crippen LogP contribution < -0.4 is 4.72 Å². The molecule has 0 amide bonds. The van der Waals surface area contributed by atoms with E-state index in [1.165, 1.54) is 4.72 Å². The summed E-state index contributed by atoms with van der Waals surface area (Å²) in [7, 11) is -4.31. The van der Waals surface area contributed by atoms with Gasteiger partial charge in [0.1, 0.15) is 6.54 Å². The van der Waals surface area contributed by atoms with Crippen LogP contribution >= 0.6 is 0 Å². The molecule has 0 aliphatic carbocycles. The van der Waals surface area contributed by atoms with Crippen molar-refractivity contribution >= 4 is 10.3 Å². The van der Waals surface area contributed by atoms with Gasteiger partial charge in [-0.3, -0.25) is 4.18 Å². The minimum absolute atomic E-state index is 0.101. The van der Waals surface area contributed by atoms with Crippen molar-refractivity contribution in [2.24, 2.45) is 11.8 Å². The normalized spacial score (nSPS) is 14.8. The SMILES string of the molecule is CC(C)CCCC(C)CCOS(=O)(=O)NCC(F)(F)F. The van der Waals surface area contributed by atoms with E-state index in [4.69, 9.17) is 0 Å². The van der Waals surface area contributed by atoms with Gasteiger partial charge in [-0.05, 0) is 18.3 Å².